The second kappa shape index (κ2) is 46.1. The molecule has 0 spiro atoms. The van der Waals surface area contributed by atoms with E-state index in [0.717, 1.165) is 32.1 Å². The average molecular weight is 897 g/mol. The summed E-state index contributed by atoms with van der Waals surface area (Å²) in [6, 6.07) is 0. The lowest BCUT2D eigenvalue weighted by Gasteiger charge is -2.39. The largest absolute Gasteiger partial charge is 0.457 e. The van der Waals surface area contributed by atoms with Gasteiger partial charge < -0.3 is 39.4 Å². The molecule has 0 aromatic carbocycles. The van der Waals surface area contributed by atoms with E-state index in [2.05, 4.69) is 26.0 Å². The lowest BCUT2D eigenvalue weighted by Crippen LogP contribution is -2.59. The second-order valence-electron chi connectivity index (χ2n) is 19.0. The molecule has 63 heavy (non-hydrogen) atoms. The van der Waals surface area contributed by atoms with Crippen molar-refractivity contribution in [3.63, 3.8) is 0 Å². The maximum absolute atomic E-state index is 12.8. The molecule has 374 valence electrons. The van der Waals surface area contributed by atoms with Crippen LogP contribution in [0.4, 0.5) is 0 Å². The molecule has 0 aliphatic carbocycles. The van der Waals surface area contributed by atoms with E-state index in [-0.39, 0.29) is 19.2 Å². The smallest absolute Gasteiger partial charge is 0.306 e. The third kappa shape index (κ3) is 36.7. The number of carbonyl (C=O) groups excluding carboxylic acids is 1. The van der Waals surface area contributed by atoms with Crippen LogP contribution < -0.4 is 0 Å². The van der Waals surface area contributed by atoms with E-state index in [4.69, 9.17) is 18.9 Å². The highest BCUT2D eigenvalue weighted by molar-refractivity contribution is 5.69. The van der Waals surface area contributed by atoms with Gasteiger partial charge in [-0.05, 0) is 38.5 Å². The SMILES string of the molecule is CCCCCCCCCC/C=C\CCCCCCCCCCCCOCC(COC1OC(CO)C(O)C(O)C1O)OC(=O)CCCCCCCCCCCCCCCCCCCC. The number of rotatable bonds is 48. The number of unbranched alkanes of at least 4 members (excludes halogenated alkanes) is 35. The third-order valence-electron chi connectivity index (χ3n) is 12.9. The molecule has 9 heteroatoms. The maximum Gasteiger partial charge on any atom is 0.306 e. The molecule has 4 N–H and O–H groups in total. The molecule has 6 unspecified atom stereocenters. The molecule has 6 atom stereocenters. The van der Waals surface area contributed by atoms with Crippen molar-refractivity contribution in [2.45, 2.75) is 301 Å². The van der Waals surface area contributed by atoms with Gasteiger partial charge in [-0.25, -0.2) is 0 Å². The van der Waals surface area contributed by atoms with Gasteiger partial charge in [0.15, 0.2) is 6.29 Å². The number of hydrogen-bond acceptors (Lipinski definition) is 9. The predicted molar refractivity (Wildman–Crippen MR) is 261 cm³/mol. The summed E-state index contributed by atoms with van der Waals surface area (Å²) in [5.41, 5.74) is 0. The Balaban J connectivity index is 2.16. The van der Waals surface area contributed by atoms with Crippen LogP contribution in [0.1, 0.15) is 264 Å². The number of allylic oxidation sites excluding steroid dienone is 2. The van der Waals surface area contributed by atoms with Gasteiger partial charge in [0.2, 0.25) is 0 Å². The first-order chi connectivity index (χ1) is 30.9. The van der Waals surface area contributed by atoms with Crippen LogP contribution in [0, 0.1) is 0 Å². The minimum absolute atomic E-state index is 0.108. The lowest BCUT2D eigenvalue weighted by molar-refractivity contribution is -0.305. The lowest BCUT2D eigenvalue weighted by atomic mass is 9.99. The molecule has 1 fully saturated rings. The quantitative estimate of drug-likeness (QED) is 0.0267. The van der Waals surface area contributed by atoms with Crippen molar-refractivity contribution < 1.29 is 44.2 Å². The molecule has 1 saturated heterocycles. The fourth-order valence-corrected chi connectivity index (χ4v) is 8.67. The summed E-state index contributed by atoms with van der Waals surface area (Å²) in [5.74, 6) is -0.307. The summed E-state index contributed by atoms with van der Waals surface area (Å²) >= 11 is 0. The molecule has 0 aromatic heterocycles. The number of esters is 1. The monoisotopic (exact) mass is 897 g/mol. The average Bonchev–Trinajstić information content (AvgIpc) is 3.28. The Hall–Kier alpha value is -1.07. The van der Waals surface area contributed by atoms with E-state index >= 15 is 0 Å². The zero-order chi connectivity index (χ0) is 45.7. The summed E-state index contributed by atoms with van der Waals surface area (Å²) in [7, 11) is 0. The first-order valence-corrected chi connectivity index (χ1v) is 27.3. The summed E-state index contributed by atoms with van der Waals surface area (Å²) in [5, 5.41) is 40.3. The van der Waals surface area contributed by atoms with Gasteiger partial charge in [-0.3, -0.25) is 4.79 Å². The number of aliphatic hydroxyl groups is 4. The number of ether oxygens (including phenoxy) is 4. The molecule has 1 aliphatic rings. The molecule has 0 amide bonds. The highest BCUT2D eigenvalue weighted by Gasteiger charge is 2.44. The molecule has 0 radical (unpaired) electrons. The zero-order valence-corrected chi connectivity index (χ0v) is 41.4. The van der Waals surface area contributed by atoms with Gasteiger partial charge in [0, 0.05) is 13.0 Å². The normalized spacial score (nSPS) is 19.6. The molecule has 1 heterocycles. The first kappa shape index (κ1) is 59.9. The van der Waals surface area contributed by atoms with Crippen molar-refractivity contribution >= 4 is 5.97 Å². The fraction of sp³-hybridized carbons (Fsp3) is 0.944. The first-order valence-electron chi connectivity index (χ1n) is 27.3. The van der Waals surface area contributed by atoms with Crippen molar-refractivity contribution in [1.29, 1.82) is 0 Å². The van der Waals surface area contributed by atoms with Crippen LogP contribution in [0.2, 0.25) is 0 Å². The number of hydrogen-bond donors (Lipinski definition) is 4. The Bertz CT molecular complexity index is 977. The van der Waals surface area contributed by atoms with Crippen molar-refractivity contribution in [2.24, 2.45) is 0 Å². The fourth-order valence-electron chi connectivity index (χ4n) is 8.67. The topological polar surface area (TPSA) is 135 Å². The minimum atomic E-state index is -1.53. The maximum atomic E-state index is 12.8. The van der Waals surface area contributed by atoms with Gasteiger partial charge in [-0.15, -0.1) is 0 Å². The van der Waals surface area contributed by atoms with Gasteiger partial charge in [0.1, 0.15) is 30.5 Å². The Morgan fingerprint density at radius 2 is 0.873 bits per heavy atom. The van der Waals surface area contributed by atoms with E-state index in [1.54, 1.807) is 0 Å². The molecule has 0 aromatic rings. The van der Waals surface area contributed by atoms with Crippen LogP contribution in [-0.4, -0.2) is 89.6 Å². The van der Waals surface area contributed by atoms with Gasteiger partial charge in [0.25, 0.3) is 0 Å². The van der Waals surface area contributed by atoms with Crippen molar-refractivity contribution in [3.8, 4) is 0 Å². The van der Waals surface area contributed by atoms with E-state index < -0.39 is 43.4 Å². The number of carbonyl (C=O) groups is 1. The Kier molecular flexibility index (Phi) is 43.8. The van der Waals surface area contributed by atoms with Crippen molar-refractivity contribution in [1.82, 2.24) is 0 Å². The van der Waals surface area contributed by atoms with E-state index in [1.165, 1.54) is 212 Å². The van der Waals surface area contributed by atoms with Crippen LogP contribution in [0.15, 0.2) is 12.2 Å². The summed E-state index contributed by atoms with van der Waals surface area (Å²) in [6.07, 6.45) is 46.8. The molecular weight excluding hydrogens is 793 g/mol. The van der Waals surface area contributed by atoms with Crippen molar-refractivity contribution in [3.05, 3.63) is 12.2 Å². The van der Waals surface area contributed by atoms with E-state index in [9.17, 15) is 25.2 Å². The summed E-state index contributed by atoms with van der Waals surface area (Å²) in [4.78, 5) is 12.8. The summed E-state index contributed by atoms with van der Waals surface area (Å²) in [6.45, 7) is 4.62. The molecule has 1 rings (SSSR count). The zero-order valence-electron chi connectivity index (χ0n) is 41.4. The van der Waals surface area contributed by atoms with Crippen LogP contribution >= 0.6 is 0 Å². The molecule has 1 aliphatic heterocycles. The number of aliphatic hydroxyl groups excluding tert-OH is 4. The van der Waals surface area contributed by atoms with Gasteiger partial charge in [-0.2, -0.15) is 0 Å². The van der Waals surface area contributed by atoms with Gasteiger partial charge >= 0.3 is 5.97 Å². The van der Waals surface area contributed by atoms with Crippen LogP contribution in [0.25, 0.3) is 0 Å². The highest BCUT2D eigenvalue weighted by atomic mass is 16.7. The van der Waals surface area contributed by atoms with Crippen LogP contribution in [-0.2, 0) is 23.7 Å². The standard InChI is InChI=1S/C54H104O9/c1-3-5-7-9-11-13-15-17-19-21-23-24-25-26-28-30-32-34-36-38-40-42-44-60-46-48(47-61-54-53(59)52(58)51(57)49(45-55)63-54)62-50(56)43-41-39-37-35-33-31-29-27-22-20-18-16-14-12-10-8-6-4-2/h21,23,48-49,51-55,57-59H,3-20,22,24-47H2,1-2H3/b23-21-. The van der Waals surface area contributed by atoms with E-state index in [1.807, 2.05) is 0 Å². The summed E-state index contributed by atoms with van der Waals surface area (Å²) < 4.78 is 22.9. The van der Waals surface area contributed by atoms with Crippen LogP contribution in [0.5, 0.6) is 0 Å². The minimum Gasteiger partial charge on any atom is -0.457 e. The Morgan fingerprint density at radius 1 is 0.492 bits per heavy atom. The van der Waals surface area contributed by atoms with Crippen molar-refractivity contribution in [2.75, 3.05) is 26.4 Å². The van der Waals surface area contributed by atoms with Gasteiger partial charge in [-0.1, -0.05) is 231 Å². The Morgan fingerprint density at radius 3 is 1.29 bits per heavy atom. The predicted octanol–water partition coefficient (Wildman–Crippen LogP) is 13.5. The molecule has 9 nitrogen and oxygen atoms in total. The van der Waals surface area contributed by atoms with E-state index in [0.29, 0.717) is 13.0 Å². The second-order valence-corrected chi connectivity index (χ2v) is 19.0. The highest BCUT2D eigenvalue weighted by Crippen LogP contribution is 2.23. The molecule has 0 saturated carbocycles. The third-order valence-corrected chi connectivity index (χ3v) is 12.9. The Labute approximate surface area is 388 Å². The molecule has 0 bridgehead atoms. The van der Waals surface area contributed by atoms with Crippen LogP contribution in [0.3, 0.4) is 0 Å². The molecular formula is C54H104O9. The van der Waals surface area contributed by atoms with Gasteiger partial charge in [0.05, 0.1) is 19.8 Å².